The molecule has 0 unspecified atom stereocenters. The van der Waals surface area contributed by atoms with Gasteiger partial charge in [0.05, 0.1) is 39.6 Å². The smallest absolute Gasteiger partial charge is 0.154 e. The quantitative estimate of drug-likeness (QED) is 0.200. The van der Waals surface area contributed by atoms with Crippen LogP contribution in [0.1, 0.15) is 22.3 Å². The van der Waals surface area contributed by atoms with Crippen LogP contribution in [-0.2, 0) is 50.1 Å². The lowest BCUT2D eigenvalue weighted by molar-refractivity contribution is -0.214. The van der Waals surface area contributed by atoms with Crippen LogP contribution in [0.2, 0.25) is 0 Å². The van der Waals surface area contributed by atoms with Crippen molar-refractivity contribution < 1.29 is 23.7 Å². The van der Waals surface area contributed by atoms with Crippen LogP contribution in [0.5, 0.6) is 0 Å². The summed E-state index contributed by atoms with van der Waals surface area (Å²) in [7, 11) is 0. The lowest BCUT2D eigenvalue weighted by Crippen LogP contribution is -2.53. The molecule has 5 heteroatoms. The largest absolute Gasteiger partial charge is 0.374 e. The Morgan fingerprint density at radius 2 is 1.00 bits per heavy atom. The molecule has 1 aliphatic heterocycles. The van der Waals surface area contributed by atoms with E-state index in [0.717, 1.165) is 28.4 Å². The Morgan fingerprint density at radius 3 is 1.54 bits per heavy atom. The van der Waals surface area contributed by atoms with Crippen LogP contribution in [0, 0.1) is 6.10 Å². The SMILES string of the molecule is c1ccc(COC[C@H]2OC[C](OCc3ccccc3)[C@@H](OCc3ccccc3)[C@@H]2OCc2ccccc2)cc1. The van der Waals surface area contributed by atoms with Crippen LogP contribution >= 0.6 is 0 Å². The van der Waals surface area contributed by atoms with Gasteiger partial charge in [0, 0.05) is 0 Å². The zero-order chi connectivity index (χ0) is 26.5. The third-order valence-corrected chi connectivity index (χ3v) is 6.64. The van der Waals surface area contributed by atoms with Gasteiger partial charge in [0.25, 0.3) is 0 Å². The Bertz CT molecular complexity index is 1200. The molecule has 201 valence electrons. The van der Waals surface area contributed by atoms with Gasteiger partial charge in [-0.05, 0) is 22.3 Å². The van der Waals surface area contributed by atoms with E-state index in [9.17, 15) is 0 Å². The summed E-state index contributed by atoms with van der Waals surface area (Å²) in [4.78, 5) is 0. The fraction of sp³-hybridized carbons (Fsp3) is 0.265. The van der Waals surface area contributed by atoms with E-state index in [1.807, 2.05) is 84.9 Å². The van der Waals surface area contributed by atoms with Gasteiger partial charge in [-0.1, -0.05) is 121 Å². The molecule has 1 heterocycles. The van der Waals surface area contributed by atoms with Crippen LogP contribution in [0.25, 0.3) is 0 Å². The van der Waals surface area contributed by atoms with Gasteiger partial charge < -0.3 is 23.7 Å². The van der Waals surface area contributed by atoms with E-state index in [0.29, 0.717) is 39.6 Å². The van der Waals surface area contributed by atoms with Crippen molar-refractivity contribution in [1.29, 1.82) is 0 Å². The molecule has 5 rings (SSSR count). The minimum absolute atomic E-state index is 0.316. The number of benzene rings is 4. The highest BCUT2D eigenvalue weighted by Gasteiger charge is 2.44. The van der Waals surface area contributed by atoms with Crippen molar-refractivity contribution in [2.24, 2.45) is 0 Å². The van der Waals surface area contributed by atoms with E-state index >= 15 is 0 Å². The predicted octanol–water partition coefficient (Wildman–Crippen LogP) is 6.52. The summed E-state index contributed by atoms with van der Waals surface area (Å²) in [6, 6.07) is 40.6. The summed E-state index contributed by atoms with van der Waals surface area (Å²) in [5.74, 6) is 0. The van der Waals surface area contributed by atoms with Crippen LogP contribution in [0.4, 0.5) is 0 Å². The lowest BCUT2D eigenvalue weighted by Gasteiger charge is -2.41. The highest BCUT2D eigenvalue weighted by atomic mass is 16.6. The van der Waals surface area contributed by atoms with Crippen molar-refractivity contribution in [2.45, 2.75) is 44.7 Å². The van der Waals surface area contributed by atoms with Gasteiger partial charge in [0.15, 0.2) is 6.10 Å². The maximum Gasteiger partial charge on any atom is 0.154 e. The molecule has 4 aromatic carbocycles. The first-order chi connectivity index (χ1) is 19.3. The zero-order valence-corrected chi connectivity index (χ0v) is 22.1. The van der Waals surface area contributed by atoms with E-state index in [2.05, 4.69) is 36.4 Å². The first-order valence-corrected chi connectivity index (χ1v) is 13.4. The molecule has 1 radical (unpaired) electrons. The Balaban J connectivity index is 1.32. The van der Waals surface area contributed by atoms with Gasteiger partial charge in [0.1, 0.15) is 18.3 Å². The number of hydrogen-bond donors (Lipinski definition) is 0. The molecule has 1 fully saturated rings. The Hall–Kier alpha value is -3.32. The molecule has 0 spiro atoms. The third kappa shape index (κ3) is 8.33. The van der Waals surface area contributed by atoms with E-state index < -0.39 is 12.2 Å². The van der Waals surface area contributed by atoms with E-state index in [-0.39, 0.29) is 6.10 Å². The topological polar surface area (TPSA) is 46.2 Å². The van der Waals surface area contributed by atoms with Crippen molar-refractivity contribution >= 4 is 0 Å². The highest BCUT2D eigenvalue weighted by molar-refractivity contribution is 5.17. The summed E-state index contributed by atoms with van der Waals surface area (Å²) in [5, 5.41) is 0. The molecule has 39 heavy (non-hydrogen) atoms. The van der Waals surface area contributed by atoms with Gasteiger partial charge >= 0.3 is 0 Å². The molecule has 0 aromatic heterocycles. The van der Waals surface area contributed by atoms with Crippen molar-refractivity contribution in [1.82, 2.24) is 0 Å². The summed E-state index contributed by atoms with van der Waals surface area (Å²) < 4.78 is 31.8. The molecule has 0 aliphatic carbocycles. The van der Waals surface area contributed by atoms with Gasteiger partial charge in [-0.15, -0.1) is 0 Å². The molecular weight excluding hydrogens is 488 g/mol. The Kier molecular flexibility index (Phi) is 10.3. The molecule has 0 N–H and O–H groups in total. The van der Waals surface area contributed by atoms with E-state index in [1.54, 1.807) is 0 Å². The molecular formula is C34H35O5. The summed E-state index contributed by atoms with van der Waals surface area (Å²) in [6.45, 7) is 2.50. The molecule has 1 aliphatic rings. The van der Waals surface area contributed by atoms with Crippen LogP contribution in [-0.4, -0.2) is 31.5 Å². The molecule has 0 saturated carbocycles. The normalized spacial score (nSPS) is 19.6. The average molecular weight is 524 g/mol. The predicted molar refractivity (Wildman–Crippen MR) is 150 cm³/mol. The van der Waals surface area contributed by atoms with Gasteiger partial charge in [-0.25, -0.2) is 0 Å². The lowest BCUT2D eigenvalue weighted by atomic mass is 9.99. The number of hydrogen-bond acceptors (Lipinski definition) is 5. The summed E-state index contributed by atoms with van der Waals surface area (Å²) in [5.41, 5.74) is 4.37. The minimum atomic E-state index is -0.420. The Labute approximate surface area is 231 Å². The van der Waals surface area contributed by atoms with Crippen molar-refractivity contribution in [3.05, 3.63) is 150 Å². The van der Waals surface area contributed by atoms with Crippen LogP contribution in [0.3, 0.4) is 0 Å². The third-order valence-electron chi connectivity index (χ3n) is 6.64. The van der Waals surface area contributed by atoms with Crippen molar-refractivity contribution in [3.63, 3.8) is 0 Å². The maximum atomic E-state index is 6.54. The molecule has 4 aromatic rings. The van der Waals surface area contributed by atoms with Crippen molar-refractivity contribution in [2.75, 3.05) is 13.2 Å². The first kappa shape index (κ1) is 27.3. The molecule has 1 saturated heterocycles. The average Bonchev–Trinajstić information content (AvgIpc) is 3.00. The second kappa shape index (κ2) is 14.7. The molecule has 0 amide bonds. The van der Waals surface area contributed by atoms with Gasteiger partial charge in [-0.3, -0.25) is 0 Å². The van der Waals surface area contributed by atoms with E-state index in [4.69, 9.17) is 23.7 Å². The van der Waals surface area contributed by atoms with Crippen LogP contribution in [0.15, 0.2) is 121 Å². The standard InChI is InChI=1S/C34H35O5/c1-5-13-27(14-6-1)21-35-25-31-33(38-23-29-17-9-3-10-18-29)34(39-24-30-19-11-4-12-20-30)32(26-37-31)36-22-28-15-7-2-8-16-28/h1-20,31,33-34H,21-26H2/t31-,33-,34-/m1/s1. The highest BCUT2D eigenvalue weighted by Crippen LogP contribution is 2.31. The van der Waals surface area contributed by atoms with Crippen molar-refractivity contribution in [3.8, 4) is 0 Å². The summed E-state index contributed by atoms with van der Waals surface area (Å²) in [6.07, 6.45) is -0.421. The summed E-state index contributed by atoms with van der Waals surface area (Å²) >= 11 is 0. The maximum absolute atomic E-state index is 6.54. The van der Waals surface area contributed by atoms with Crippen LogP contribution < -0.4 is 0 Å². The van der Waals surface area contributed by atoms with E-state index in [1.165, 1.54) is 0 Å². The number of ether oxygens (including phenoxy) is 5. The van der Waals surface area contributed by atoms with Gasteiger partial charge in [0.2, 0.25) is 0 Å². The minimum Gasteiger partial charge on any atom is -0.374 e. The fourth-order valence-corrected chi connectivity index (χ4v) is 4.54. The molecule has 5 nitrogen and oxygen atoms in total. The van der Waals surface area contributed by atoms with Gasteiger partial charge in [-0.2, -0.15) is 0 Å². The molecule has 3 atom stereocenters. The molecule has 0 bridgehead atoms. The fourth-order valence-electron chi connectivity index (χ4n) is 4.54. The monoisotopic (exact) mass is 523 g/mol. The Morgan fingerprint density at radius 1 is 0.538 bits per heavy atom. The zero-order valence-electron chi connectivity index (χ0n) is 22.1. The number of rotatable bonds is 13. The second-order valence-corrected chi connectivity index (χ2v) is 9.57. The second-order valence-electron chi connectivity index (χ2n) is 9.57. The first-order valence-electron chi connectivity index (χ1n) is 13.4.